The molecule has 0 spiro atoms. The van der Waals surface area contributed by atoms with E-state index in [0.717, 1.165) is 17.0 Å². The van der Waals surface area contributed by atoms with E-state index < -0.39 is 0 Å². The number of imidazole rings is 1. The molecule has 1 N–H and O–H groups in total. The van der Waals surface area contributed by atoms with Crippen LogP contribution in [0.15, 0.2) is 43.0 Å². The van der Waals surface area contributed by atoms with Crippen molar-refractivity contribution in [3.8, 4) is 11.8 Å². The number of nitrogens with zero attached hydrogens (tertiary/aromatic N) is 3. The van der Waals surface area contributed by atoms with Gasteiger partial charge in [0.1, 0.15) is 5.75 Å². The molecule has 0 saturated carbocycles. The molecule has 24 heavy (non-hydrogen) atoms. The Morgan fingerprint density at radius 1 is 1.21 bits per heavy atom. The Morgan fingerprint density at radius 2 is 2.08 bits per heavy atom. The van der Waals surface area contributed by atoms with Crippen molar-refractivity contribution in [3.05, 3.63) is 65.0 Å². The number of para-hydroxylation sites is 1. The van der Waals surface area contributed by atoms with Crippen LogP contribution in [0.5, 0.6) is 11.8 Å². The summed E-state index contributed by atoms with van der Waals surface area (Å²) in [4.78, 5) is 15.8. The van der Waals surface area contributed by atoms with Gasteiger partial charge in [-0.15, -0.1) is 0 Å². The molecule has 0 amide bonds. The number of benzene rings is 1. The predicted octanol–water partition coefficient (Wildman–Crippen LogP) is 3.24. The van der Waals surface area contributed by atoms with Crippen molar-refractivity contribution in [2.75, 3.05) is 14.2 Å². The minimum atomic E-state index is -0.0410. The fraction of sp³-hybridized carbons (Fsp3) is 0.235. The minimum Gasteiger partial charge on any atom is -0.495 e. The van der Waals surface area contributed by atoms with Crippen molar-refractivity contribution in [3.63, 3.8) is 0 Å². The first-order chi connectivity index (χ1) is 11.7. The van der Waals surface area contributed by atoms with Gasteiger partial charge in [0, 0.05) is 41.7 Å². The van der Waals surface area contributed by atoms with E-state index in [0.29, 0.717) is 23.2 Å². The molecule has 0 fully saturated rings. The summed E-state index contributed by atoms with van der Waals surface area (Å²) in [6, 6.07) is 7.91. The average molecular weight is 345 g/mol. The van der Waals surface area contributed by atoms with Crippen LogP contribution < -0.4 is 9.47 Å². The molecule has 124 valence electrons. The van der Waals surface area contributed by atoms with E-state index in [9.17, 15) is 0 Å². The van der Waals surface area contributed by atoms with E-state index in [1.54, 1.807) is 32.9 Å². The summed E-state index contributed by atoms with van der Waals surface area (Å²) in [7, 11) is 3.16. The molecule has 2 aromatic heterocycles. The van der Waals surface area contributed by atoms with Crippen molar-refractivity contribution in [1.29, 1.82) is 0 Å². The van der Waals surface area contributed by atoms with Crippen LogP contribution in [0.25, 0.3) is 0 Å². The Hall–Kier alpha value is -2.60. The highest BCUT2D eigenvalue weighted by molar-refractivity contribution is 6.32. The number of methoxy groups -OCH3 is 2. The van der Waals surface area contributed by atoms with Crippen molar-refractivity contribution >= 4 is 11.6 Å². The van der Waals surface area contributed by atoms with E-state index in [1.807, 2.05) is 24.3 Å². The zero-order valence-corrected chi connectivity index (χ0v) is 14.1. The average Bonchev–Trinajstić information content (AvgIpc) is 3.14. The number of nitrogens with one attached hydrogen (secondary N) is 1. The summed E-state index contributed by atoms with van der Waals surface area (Å²) in [6.07, 6.45) is 5.75. The maximum absolute atomic E-state index is 6.29. The van der Waals surface area contributed by atoms with Crippen LogP contribution in [0, 0.1) is 0 Å². The molecular weight excluding hydrogens is 328 g/mol. The molecule has 6 nitrogen and oxygen atoms in total. The normalized spacial score (nSPS) is 12.0. The molecule has 1 atom stereocenters. The van der Waals surface area contributed by atoms with Crippen molar-refractivity contribution in [2.45, 2.75) is 12.3 Å². The maximum Gasteiger partial charge on any atom is 0.316 e. The predicted molar refractivity (Wildman–Crippen MR) is 90.7 cm³/mol. The quantitative estimate of drug-likeness (QED) is 0.743. The summed E-state index contributed by atoms with van der Waals surface area (Å²) in [5.74, 6) is 0.612. The van der Waals surface area contributed by atoms with Crippen LogP contribution in [0.2, 0.25) is 5.02 Å². The van der Waals surface area contributed by atoms with Crippen molar-refractivity contribution < 1.29 is 9.47 Å². The number of H-pyrrole nitrogens is 1. The van der Waals surface area contributed by atoms with Gasteiger partial charge in [-0.2, -0.15) is 0 Å². The Balaban J connectivity index is 2.03. The molecule has 7 heteroatoms. The van der Waals surface area contributed by atoms with Gasteiger partial charge in [-0.25, -0.2) is 15.0 Å². The van der Waals surface area contributed by atoms with Gasteiger partial charge in [0.05, 0.1) is 25.6 Å². The molecule has 3 aromatic rings. The summed E-state index contributed by atoms with van der Waals surface area (Å²) >= 11 is 6.29. The largest absolute Gasteiger partial charge is 0.495 e. The van der Waals surface area contributed by atoms with Crippen molar-refractivity contribution in [2.24, 2.45) is 0 Å². The van der Waals surface area contributed by atoms with Gasteiger partial charge >= 0.3 is 6.01 Å². The Labute approximate surface area is 144 Å². The molecule has 1 unspecified atom stereocenters. The lowest BCUT2D eigenvalue weighted by atomic mass is 9.90. The van der Waals surface area contributed by atoms with Gasteiger partial charge < -0.3 is 14.5 Å². The SMILES string of the molecule is COc1nccc(CC(c2cnc[nH]2)c2cccc(Cl)c2OC)n1. The number of halogens is 1. The third-order valence-corrected chi connectivity index (χ3v) is 4.06. The lowest BCUT2D eigenvalue weighted by molar-refractivity contribution is 0.377. The maximum atomic E-state index is 6.29. The van der Waals surface area contributed by atoms with E-state index in [-0.39, 0.29) is 5.92 Å². The Morgan fingerprint density at radius 3 is 2.79 bits per heavy atom. The fourth-order valence-electron chi connectivity index (χ4n) is 2.66. The monoisotopic (exact) mass is 344 g/mol. The second-order valence-corrected chi connectivity index (χ2v) is 5.57. The standard InChI is InChI=1S/C17H17ClN4O2/c1-23-16-12(4-3-5-14(16)18)13(15-9-19-10-21-15)8-11-6-7-20-17(22-11)24-2/h3-7,9-10,13H,8H2,1-2H3,(H,19,21). The molecule has 3 rings (SSSR count). The van der Waals surface area contributed by atoms with Crippen LogP contribution >= 0.6 is 11.6 Å². The molecule has 0 saturated heterocycles. The molecule has 0 radical (unpaired) electrons. The lowest BCUT2D eigenvalue weighted by Crippen LogP contribution is -2.09. The van der Waals surface area contributed by atoms with E-state index >= 15 is 0 Å². The van der Waals surface area contributed by atoms with Gasteiger partial charge in [-0.05, 0) is 12.1 Å². The second-order valence-electron chi connectivity index (χ2n) is 5.16. The summed E-state index contributed by atoms with van der Waals surface area (Å²) < 4.78 is 10.6. The highest BCUT2D eigenvalue weighted by Crippen LogP contribution is 2.37. The number of rotatable bonds is 6. The van der Waals surface area contributed by atoms with Crippen LogP contribution in [-0.2, 0) is 6.42 Å². The first-order valence-electron chi connectivity index (χ1n) is 7.39. The molecule has 0 aliphatic rings. The lowest BCUT2D eigenvalue weighted by Gasteiger charge is -2.19. The van der Waals surface area contributed by atoms with Gasteiger partial charge in [0.25, 0.3) is 0 Å². The summed E-state index contributed by atoms with van der Waals surface area (Å²) in [5, 5.41) is 0.569. The Bertz CT molecular complexity index is 808. The van der Waals surface area contributed by atoms with Gasteiger partial charge in [-0.1, -0.05) is 23.7 Å². The number of aromatic amines is 1. The fourth-order valence-corrected chi connectivity index (χ4v) is 2.92. The highest BCUT2D eigenvalue weighted by atomic mass is 35.5. The smallest absolute Gasteiger partial charge is 0.316 e. The van der Waals surface area contributed by atoms with E-state index in [1.165, 1.54) is 0 Å². The summed E-state index contributed by atoms with van der Waals surface area (Å²) in [6.45, 7) is 0. The molecule has 0 aliphatic heterocycles. The van der Waals surface area contributed by atoms with E-state index in [4.69, 9.17) is 21.1 Å². The number of aromatic nitrogens is 4. The van der Waals surface area contributed by atoms with Gasteiger partial charge in [0.2, 0.25) is 0 Å². The molecule has 0 bridgehead atoms. The molecule has 1 aromatic carbocycles. The molecule has 0 aliphatic carbocycles. The number of hydrogen-bond acceptors (Lipinski definition) is 5. The zero-order chi connectivity index (χ0) is 16.9. The molecular formula is C17H17ClN4O2. The Kier molecular flexibility index (Phi) is 4.96. The van der Waals surface area contributed by atoms with Gasteiger partial charge in [0.15, 0.2) is 0 Å². The van der Waals surface area contributed by atoms with Gasteiger partial charge in [-0.3, -0.25) is 0 Å². The number of hydrogen-bond donors (Lipinski definition) is 1. The topological polar surface area (TPSA) is 72.9 Å². The number of ether oxygens (including phenoxy) is 2. The first-order valence-corrected chi connectivity index (χ1v) is 7.77. The van der Waals surface area contributed by atoms with E-state index in [2.05, 4.69) is 19.9 Å². The van der Waals surface area contributed by atoms with Crippen LogP contribution in [0.3, 0.4) is 0 Å². The summed E-state index contributed by atoms with van der Waals surface area (Å²) in [5.41, 5.74) is 2.77. The first kappa shape index (κ1) is 16.3. The van der Waals surface area contributed by atoms with Crippen LogP contribution in [0.4, 0.5) is 0 Å². The van der Waals surface area contributed by atoms with Crippen LogP contribution in [-0.4, -0.2) is 34.2 Å². The molecule has 2 heterocycles. The third-order valence-electron chi connectivity index (χ3n) is 3.76. The zero-order valence-electron chi connectivity index (χ0n) is 13.4. The minimum absolute atomic E-state index is 0.0410. The second kappa shape index (κ2) is 7.31. The van der Waals surface area contributed by atoms with Crippen molar-refractivity contribution in [1.82, 2.24) is 19.9 Å². The third kappa shape index (κ3) is 3.33. The van der Waals surface area contributed by atoms with Crippen LogP contribution in [0.1, 0.15) is 22.9 Å². The highest BCUT2D eigenvalue weighted by Gasteiger charge is 2.22.